The number of aliphatic hydroxyl groups excluding tert-OH is 1. The van der Waals surface area contributed by atoms with Crippen LogP contribution in [0.15, 0.2) is 61.3 Å². The van der Waals surface area contributed by atoms with Crippen molar-refractivity contribution in [2.45, 2.75) is 31.5 Å². The molecule has 2 bridgehead atoms. The van der Waals surface area contributed by atoms with Crippen molar-refractivity contribution >= 4 is 10.9 Å². The molecule has 5 atom stereocenters. The second-order valence-corrected chi connectivity index (χ2v) is 9.46. The number of hydrogen-bond acceptors (Lipinski definition) is 3. The average molecular weight is 452 g/mol. The summed E-state index contributed by atoms with van der Waals surface area (Å²) >= 11 is 0. The number of pyridine rings is 1. The number of fused-ring (bicyclic) bond motifs is 4. The first-order chi connectivity index (χ1) is 16.0. The largest absolute Gasteiger partial charge is 0.497 e. The van der Waals surface area contributed by atoms with E-state index >= 15 is 0 Å². The molecule has 33 heavy (non-hydrogen) atoms. The Morgan fingerprint density at radius 1 is 1.24 bits per heavy atom. The van der Waals surface area contributed by atoms with Crippen LogP contribution in [0.3, 0.4) is 0 Å². The molecule has 0 amide bonds. The minimum atomic E-state index is -0.800. The molecule has 6 rings (SSSR count). The zero-order chi connectivity index (χ0) is 23.2. The second-order valence-electron chi connectivity index (χ2n) is 9.46. The molecule has 3 fully saturated rings. The number of hydrogen-bond donors (Lipinski definition) is 1. The smallest absolute Gasteiger partial charge is 0.135 e. The Balaban J connectivity index is 1.59. The van der Waals surface area contributed by atoms with Crippen LogP contribution in [0.4, 0.5) is 8.78 Å². The molecule has 4 nitrogen and oxygen atoms in total. The van der Waals surface area contributed by atoms with Gasteiger partial charge in [0.1, 0.15) is 36.1 Å². The third kappa shape index (κ3) is 3.71. The van der Waals surface area contributed by atoms with Gasteiger partial charge in [0.15, 0.2) is 0 Å². The average Bonchev–Trinajstić information content (AvgIpc) is 2.85. The van der Waals surface area contributed by atoms with Crippen molar-refractivity contribution in [3.05, 3.63) is 84.1 Å². The Morgan fingerprint density at radius 2 is 2.03 bits per heavy atom. The molecule has 0 saturated carbocycles. The molecule has 3 saturated heterocycles. The Labute approximate surface area is 192 Å². The van der Waals surface area contributed by atoms with Gasteiger partial charge in [0.05, 0.1) is 31.3 Å². The Morgan fingerprint density at radius 3 is 2.76 bits per heavy atom. The number of rotatable bonds is 6. The summed E-state index contributed by atoms with van der Waals surface area (Å²) in [6, 6.07) is 11.3. The van der Waals surface area contributed by atoms with Crippen LogP contribution in [-0.4, -0.2) is 40.8 Å². The first-order valence-corrected chi connectivity index (χ1v) is 11.5. The van der Waals surface area contributed by atoms with E-state index in [0.29, 0.717) is 16.2 Å². The van der Waals surface area contributed by atoms with Crippen LogP contribution in [0.2, 0.25) is 0 Å². The van der Waals surface area contributed by atoms with Crippen molar-refractivity contribution in [3.8, 4) is 5.75 Å². The van der Waals surface area contributed by atoms with Gasteiger partial charge in [0, 0.05) is 30.3 Å². The van der Waals surface area contributed by atoms with Crippen molar-refractivity contribution < 1.29 is 23.1 Å². The minimum absolute atomic E-state index is 0.0964. The minimum Gasteiger partial charge on any atom is -0.497 e. The number of piperidine rings is 3. The van der Waals surface area contributed by atoms with Gasteiger partial charge < -0.3 is 14.3 Å². The number of ether oxygens (including phenoxy) is 1. The van der Waals surface area contributed by atoms with Gasteiger partial charge in [0.25, 0.3) is 0 Å². The highest BCUT2D eigenvalue weighted by Gasteiger charge is 2.54. The number of aliphatic hydroxyl groups is 1. The Kier molecular flexibility index (Phi) is 5.67. The van der Waals surface area contributed by atoms with E-state index in [2.05, 4.69) is 11.6 Å². The molecule has 0 spiro atoms. The molecule has 172 valence electrons. The summed E-state index contributed by atoms with van der Waals surface area (Å²) in [5.74, 6) is 0.315. The standard InChI is InChI=1S/C27H29F2N2O2/c1-3-17-15-31(16-22-23(28)5-4-6-24(22)29)12-10-18(17)13-26(31)27(32)20-9-11-30-25-8-7-19(33-2)14-21(20)25/h3-9,11,14,17-18,26-27,32H,1,10,12-13,15-16H2,2H3/q+1/t17?,18?,26?,27-,31?/m1/s1. The van der Waals surface area contributed by atoms with Crippen molar-refractivity contribution in [2.75, 3.05) is 20.2 Å². The normalized spacial score (nSPS) is 27.5. The lowest BCUT2D eigenvalue weighted by molar-refractivity contribution is -0.985. The van der Waals surface area contributed by atoms with Gasteiger partial charge in [-0.25, -0.2) is 8.78 Å². The Hall–Kier alpha value is -2.83. The maximum Gasteiger partial charge on any atom is 0.135 e. The van der Waals surface area contributed by atoms with Gasteiger partial charge in [-0.2, -0.15) is 0 Å². The first kappa shape index (κ1) is 22.0. The molecule has 1 N–H and O–H groups in total. The van der Waals surface area contributed by atoms with Crippen molar-refractivity contribution in [1.82, 2.24) is 4.98 Å². The van der Waals surface area contributed by atoms with E-state index in [9.17, 15) is 13.9 Å². The molecular formula is C27H29F2N2O2+. The quantitative estimate of drug-likeness (QED) is 0.416. The number of benzene rings is 2. The first-order valence-electron chi connectivity index (χ1n) is 11.5. The molecular weight excluding hydrogens is 422 g/mol. The maximum atomic E-state index is 14.7. The lowest BCUT2D eigenvalue weighted by atomic mass is 9.71. The Bertz CT molecular complexity index is 1180. The summed E-state index contributed by atoms with van der Waals surface area (Å²) in [6.07, 6.45) is 4.62. The lowest BCUT2D eigenvalue weighted by Crippen LogP contribution is -2.67. The van der Waals surface area contributed by atoms with Crippen LogP contribution in [0.5, 0.6) is 5.75 Å². The fourth-order valence-corrected chi connectivity index (χ4v) is 6.12. The molecule has 2 aromatic carbocycles. The highest BCUT2D eigenvalue weighted by molar-refractivity contribution is 5.83. The second kappa shape index (κ2) is 8.50. The predicted molar refractivity (Wildman–Crippen MR) is 124 cm³/mol. The van der Waals surface area contributed by atoms with Crippen LogP contribution in [-0.2, 0) is 6.54 Å². The van der Waals surface area contributed by atoms with E-state index < -0.39 is 17.7 Å². The van der Waals surface area contributed by atoms with E-state index in [0.717, 1.165) is 42.4 Å². The third-order valence-electron chi connectivity index (χ3n) is 7.88. The highest BCUT2D eigenvalue weighted by Crippen LogP contribution is 2.48. The fourth-order valence-electron chi connectivity index (χ4n) is 6.12. The lowest BCUT2D eigenvalue weighted by Gasteiger charge is -2.58. The molecule has 0 radical (unpaired) electrons. The summed E-state index contributed by atoms with van der Waals surface area (Å²) in [5, 5.41) is 12.6. The highest BCUT2D eigenvalue weighted by atomic mass is 19.1. The molecule has 4 heterocycles. The fraction of sp³-hybridized carbons (Fsp3) is 0.370. The molecule has 3 aromatic rings. The molecule has 1 aromatic heterocycles. The van der Waals surface area contributed by atoms with Crippen LogP contribution >= 0.6 is 0 Å². The SMILES string of the molecule is C=CC1C[N+]2(Cc3c(F)cccc3F)CCC1CC2[C@H](O)c1ccnc2ccc(OC)cc12. The number of aromatic nitrogens is 1. The van der Waals surface area contributed by atoms with Crippen LogP contribution in [0.25, 0.3) is 10.9 Å². The molecule has 0 aliphatic carbocycles. The van der Waals surface area contributed by atoms with Gasteiger partial charge in [0.2, 0.25) is 0 Å². The van der Waals surface area contributed by atoms with E-state index in [-0.39, 0.29) is 24.1 Å². The summed E-state index contributed by atoms with van der Waals surface area (Å²) in [4.78, 5) is 4.44. The summed E-state index contributed by atoms with van der Waals surface area (Å²) in [5.41, 5.74) is 1.65. The van der Waals surface area contributed by atoms with Crippen molar-refractivity contribution in [3.63, 3.8) is 0 Å². The van der Waals surface area contributed by atoms with Crippen LogP contribution < -0.4 is 4.74 Å². The number of methoxy groups -OCH3 is 1. The maximum absolute atomic E-state index is 14.7. The summed E-state index contributed by atoms with van der Waals surface area (Å²) < 4.78 is 35.2. The zero-order valence-corrected chi connectivity index (χ0v) is 18.8. The van der Waals surface area contributed by atoms with Gasteiger partial charge in [-0.05, 0) is 47.9 Å². The van der Waals surface area contributed by atoms with Gasteiger partial charge in [-0.3, -0.25) is 4.98 Å². The van der Waals surface area contributed by atoms with E-state index in [1.165, 1.54) is 18.2 Å². The van der Waals surface area contributed by atoms with Gasteiger partial charge >= 0.3 is 0 Å². The monoisotopic (exact) mass is 451 g/mol. The van der Waals surface area contributed by atoms with Crippen LogP contribution in [0.1, 0.15) is 30.1 Å². The topological polar surface area (TPSA) is 42.4 Å². The number of nitrogens with zero attached hydrogens (tertiary/aromatic N) is 2. The van der Waals surface area contributed by atoms with E-state index in [4.69, 9.17) is 4.74 Å². The summed E-state index contributed by atoms with van der Waals surface area (Å²) in [6.45, 7) is 5.73. The van der Waals surface area contributed by atoms with Crippen molar-refractivity contribution in [2.24, 2.45) is 11.8 Å². The molecule has 6 heteroatoms. The van der Waals surface area contributed by atoms with Gasteiger partial charge in [-0.15, -0.1) is 6.58 Å². The molecule has 3 aliphatic rings. The predicted octanol–water partition coefficient (Wildman–Crippen LogP) is 5.17. The number of halogens is 2. The zero-order valence-electron chi connectivity index (χ0n) is 18.8. The van der Waals surface area contributed by atoms with E-state index in [1.54, 1.807) is 13.3 Å². The molecule has 3 aliphatic heterocycles. The van der Waals surface area contributed by atoms with Crippen LogP contribution in [0, 0.1) is 23.5 Å². The third-order valence-corrected chi connectivity index (χ3v) is 7.88. The van der Waals surface area contributed by atoms with Gasteiger partial charge in [-0.1, -0.05) is 12.1 Å². The van der Waals surface area contributed by atoms with Crippen molar-refractivity contribution in [1.29, 1.82) is 0 Å². The van der Waals surface area contributed by atoms with E-state index in [1.807, 2.05) is 30.3 Å². The summed E-state index contributed by atoms with van der Waals surface area (Å²) in [7, 11) is 1.61. The number of quaternary nitrogens is 1. The molecule has 4 unspecified atom stereocenters.